The van der Waals surface area contributed by atoms with Gasteiger partial charge in [-0.2, -0.15) is 0 Å². The first-order chi connectivity index (χ1) is 15.3. The summed E-state index contributed by atoms with van der Waals surface area (Å²) >= 11 is 0. The minimum Gasteiger partial charge on any atom is -0.445 e. The number of benzene rings is 1. The highest BCUT2D eigenvalue weighted by Crippen LogP contribution is 2.36. The van der Waals surface area contributed by atoms with Gasteiger partial charge < -0.3 is 19.9 Å². The molecular weight excluding hydrogens is 427 g/mol. The van der Waals surface area contributed by atoms with Crippen LogP contribution in [-0.2, 0) is 16.1 Å². The van der Waals surface area contributed by atoms with Gasteiger partial charge in [0.25, 0.3) is 0 Å². The molecular formula is C22H28F3N3O4. The van der Waals surface area contributed by atoms with Gasteiger partial charge in [0.05, 0.1) is 6.10 Å². The molecule has 0 radical (unpaired) electrons. The Bertz CT molecular complexity index is 793. The van der Waals surface area contributed by atoms with E-state index in [9.17, 15) is 22.8 Å². The SMILES string of the molecule is O=C(NC1CCC(N2CCN(C3CC(OC(F)(F)F)C3)C2=O)CC1)OCc1ccccc1. The minimum absolute atomic E-state index is 0.00948. The monoisotopic (exact) mass is 455 g/mol. The Morgan fingerprint density at radius 1 is 1.00 bits per heavy atom. The van der Waals surface area contributed by atoms with Gasteiger partial charge in [-0.05, 0) is 44.1 Å². The lowest BCUT2D eigenvalue weighted by Crippen LogP contribution is -2.52. The summed E-state index contributed by atoms with van der Waals surface area (Å²) in [7, 11) is 0. The van der Waals surface area contributed by atoms with E-state index in [0.717, 1.165) is 31.2 Å². The van der Waals surface area contributed by atoms with Gasteiger partial charge in [-0.3, -0.25) is 4.74 Å². The third-order valence-electron chi connectivity index (χ3n) is 6.56. The Labute approximate surface area is 184 Å². The molecule has 0 atom stereocenters. The second kappa shape index (κ2) is 9.56. The van der Waals surface area contributed by atoms with Crippen molar-refractivity contribution in [1.29, 1.82) is 0 Å². The Morgan fingerprint density at radius 2 is 1.62 bits per heavy atom. The van der Waals surface area contributed by atoms with Crippen molar-refractivity contribution in [1.82, 2.24) is 15.1 Å². The van der Waals surface area contributed by atoms with E-state index < -0.39 is 18.6 Å². The molecule has 1 aromatic carbocycles. The molecule has 3 aliphatic rings. The standard InChI is InChI=1S/C22H28F3N3O4/c23-22(24,25)32-19-12-18(13-19)28-11-10-27(21(28)30)17-8-6-16(7-9-17)26-20(29)31-14-15-4-2-1-3-5-15/h1-5,16-19H,6-14H2,(H,26,29). The van der Waals surface area contributed by atoms with Crippen LogP contribution in [0.1, 0.15) is 44.1 Å². The largest absolute Gasteiger partial charge is 0.522 e. The Kier molecular flexibility index (Phi) is 6.78. The number of nitrogens with zero attached hydrogens (tertiary/aromatic N) is 2. The summed E-state index contributed by atoms with van der Waals surface area (Å²) in [5.41, 5.74) is 0.922. The van der Waals surface area contributed by atoms with Gasteiger partial charge in [-0.15, -0.1) is 13.2 Å². The number of alkyl carbamates (subject to hydrolysis) is 1. The zero-order valence-corrected chi connectivity index (χ0v) is 17.7. The maximum Gasteiger partial charge on any atom is 0.522 e. The molecule has 10 heteroatoms. The van der Waals surface area contributed by atoms with Crippen LogP contribution < -0.4 is 5.32 Å². The normalized spacial score (nSPS) is 28.4. The molecule has 0 spiro atoms. The maximum absolute atomic E-state index is 12.8. The molecule has 0 bridgehead atoms. The van der Waals surface area contributed by atoms with Crippen LogP contribution in [0.4, 0.5) is 22.8 Å². The van der Waals surface area contributed by atoms with Crippen LogP contribution in [0.5, 0.6) is 0 Å². The van der Waals surface area contributed by atoms with Crippen LogP contribution in [-0.4, -0.2) is 65.6 Å². The van der Waals surface area contributed by atoms with Crippen LogP contribution in [0.25, 0.3) is 0 Å². The number of urea groups is 1. The first-order valence-corrected chi connectivity index (χ1v) is 11.1. The van der Waals surface area contributed by atoms with Crippen molar-refractivity contribution < 1.29 is 32.2 Å². The molecule has 1 saturated heterocycles. The predicted octanol–water partition coefficient (Wildman–Crippen LogP) is 4.03. The summed E-state index contributed by atoms with van der Waals surface area (Å²) in [6.45, 7) is 1.34. The molecule has 2 saturated carbocycles. The topological polar surface area (TPSA) is 71.1 Å². The van der Waals surface area contributed by atoms with E-state index in [-0.39, 0.29) is 43.6 Å². The van der Waals surface area contributed by atoms with E-state index in [1.54, 1.807) is 4.90 Å². The van der Waals surface area contributed by atoms with Gasteiger partial charge in [0.1, 0.15) is 6.61 Å². The van der Waals surface area contributed by atoms with E-state index in [1.807, 2.05) is 35.2 Å². The number of nitrogens with one attached hydrogen (secondary N) is 1. The maximum atomic E-state index is 12.8. The second-order valence-electron chi connectivity index (χ2n) is 8.69. The summed E-state index contributed by atoms with van der Waals surface area (Å²) in [4.78, 5) is 28.4. The van der Waals surface area contributed by atoms with E-state index in [1.165, 1.54) is 0 Å². The molecule has 3 fully saturated rings. The fourth-order valence-corrected chi connectivity index (χ4v) is 4.79. The quantitative estimate of drug-likeness (QED) is 0.703. The first kappa shape index (κ1) is 22.7. The van der Waals surface area contributed by atoms with Gasteiger partial charge in [0.15, 0.2) is 0 Å². The molecule has 1 aliphatic heterocycles. The van der Waals surface area contributed by atoms with E-state index >= 15 is 0 Å². The highest BCUT2D eigenvalue weighted by atomic mass is 19.4. The molecule has 0 aromatic heterocycles. The second-order valence-corrected chi connectivity index (χ2v) is 8.69. The molecule has 3 amide bonds. The smallest absolute Gasteiger partial charge is 0.445 e. The van der Waals surface area contributed by atoms with E-state index in [4.69, 9.17) is 4.74 Å². The fraction of sp³-hybridized carbons (Fsp3) is 0.636. The van der Waals surface area contributed by atoms with Gasteiger partial charge in [0.2, 0.25) is 0 Å². The third kappa shape index (κ3) is 5.65. The van der Waals surface area contributed by atoms with Gasteiger partial charge >= 0.3 is 18.5 Å². The average Bonchev–Trinajstić information content (AvgIpc) is 3.10. The number of carbonyl (C=O) groups excluding carboxylic acids is 2. The molecule has 7 nitrogen and oxygen atoms in total. The Hall–Kier alpha value is -2.49. The number of hydrogen-bond donors (Lipinski definition) is 1. The van der Waals surface area contributed by atoms with Crippen LogP contribution >= 0.6 is 0 Å². The van der Waals surface area contributed by atoms with Crippen LogP contribution in [0.15, 0.2) is 30.3 Å². The lowest BCUT2D eigenvalue weighted by atomic mass is 9.88. The van der Waals surface area contributed by atoms with E-state index in [2.05, 4.69) is 10.1 Å². The Morgan fingerprint density at radius 3 is 2.25 bits per heavy atom. The van der Waals surface area contributed by atoms with Crippen molar-refractivity contribution in [2.75, 3.05) is 13.1 Å². The van der Waals surface area contributed by atoms with Gasteiger partial charge in [-0.25, -0.2) is 9.59 Å². The lowest BCUT2D eigenvalue weighted by molar-refractivity contribution is -0.353. The zero-order chi connectivity index (χ0) is 22.7. The fourth-order valence-electron chi connectivity index (χ4n) is 4.79. The number of rotatable bonds is 6. The van der Waals surface area contributed by atoms with Crippen LogP contribution in [0.3, 0.4) is 0 Å². The molecule has 32 heavy (non-hydrogen) atoms. The summed E-state index contributed by atoms with van der Waals surface area (Å²) in [6.07, 6.45) is -2.44. The van der Waals surface area contributed by atoms with Gasteiger partial charge in [0, 0.05) is 31.2 Å². The van der Waals surface area contributed by atoms with Crippen molar-refractivity contribution >= 4 is 12.1 Å². The number of ether oxygens (including phenoxy) is 2. The van der Waals surface area contributed by atoms with Crippen molar-refractivity contribution in [3.8, 4) is 0 Å². The molecule has 4 rings (SSSR count). The third-order valence-corrected chi connectivity index (χ3v) is 6.56. The van der Waals surface area contributed by atoms with Crippen LogP contribution in [0.2, 0.25) is 0 Å². The number of alkyl halides is 3. The van der Waals surface area contributed by atoms with E-state index in [0.29, 0.717) is 13.1 Å². The molecule has 1 heterocycles. The molecule has 2 aliphatic carbocycles. The summed E-state index contributed by atoms with van der Waals surface area (Å²) in [6, 6.07) is 9.28. The Balaban J connectivity index is 1.16. The number of amides is 3. The van der Waals surface area contributed by atoms with Crippen molar-refractivity contribution in [2.45, 2.75) is 75.7 Å². The zero-order valence-electron chi connectivity index (χ0n) is 17.7. The number of carbonyl (C=O) groups is 2. The highest BCUT2D eigenvalue weighted by Gasteiger charge is 2.46. The highest BCUT2D eigenvalue weighted by molar-refractivity contribution is 5.77. The van der Waals surface area contributed by atoms with Gasteiger partial charge in [-0.1, -0.05) is 30.3 Å². The summed E-state index contributed by atoms with van der Waals surface area (Å²) < 4.78 is 46.2. The van der Waals surface area contributed by atoms with Crippen LogP contribution in [0, 0.1) is 0 Å². The van der Waals surface area contributed by atoms with Crippen molar-refractivity contribution in [3.63, 3.8) is 0 Å². The molecule has 176 valence electrons. The molecule has 1 N–H and O–H groups in total. The summed E-state index contributed by atoms with van der Waals surface area (Å²) in [5, 5.41) is 2.90. The van der Waals surface area contributed by atoms with Crippen molar-refractivity contribution in [3.05, 3.63) is 35.9 Å². The molecule has 0 unspecified atom stereocenters. The predicted molar refractivity (Wildman–Crippen MR) is 109 cm³/mol. The molecule has 1 aromatic rings. The van der Waals surface area contributed by atoms with Crippen molar-refractivity contribution in [2.24, 2.45) is 0 Å². The minimum atomic E-state index is -4.63. The lowest BCUT2D eigenvalue weighted by Gasteiger charge is -2.41. The number of hydrogen-bond acceptors (Lipinski definition) is 4. The number of halogens is 3. The summed E-state index contributed by atoms with van der Waals surface area (Å²) in [5.74, 6) is 0. The average molecular weight is 455 g/mol. The first-order valence-electron chi connectivity index (χ1n) is 11.1.